The number of hydrogen-bond donors (Lipinski definition) is 1. The van der Waals surface area contributed by atoms with Gasteiger partial charge in [-0.15, -0.1) is 11.3 Å². The number of ether oxygens (including phenoxy) is 1. The third kappa shape index (κ3) is 3.54. The number of thiazole rings is 1. The van der Waals surface area contributed by atoms with Gasteiger partial charge in [0.1, 0.15) is 0 Å². The van der Waals surface area contributed by atoms with Crippen LogP contribution in [0.4, 0.5) is 0 Å². The number of aromatic nitrogens is 1. The highest BCUT2D eigenvalue weighted by Gasteiger charge is 2.41. The average Bonchev–Trinajstić information content (AvgIpc) is 2.86. The van der Waals surface area contributed by atoms with E-state index in [2.05, 4.69) is 22.6 Å². The Balaban J connectivity index is 1.62. The number of rotatable bonds is 8. The predicted octanol–water partition coefficient (Wildman–Crippen LogP) is 2.44. The Morgan fingerprint density at radius 3 is 3.06 bits per heavy atom. The Kier molecular flexibility index (Phi) is 4.32. The lowest BCUT2D eigenvalue weighted by Crippen LogP contribution is -2.24. The first-order valence-electron chi connectivity index (χ1n) is 6.00. The van der Waals surface area contributed by atoms with Crippen molar-refractivity contribution in [3.05, 3.63) is 16.6 Å². The quantitative estimate of drug-likeness (QED) is 0.709. The molecule has 1 saturated carbocycles. The van der Waals surface area contributed by atoms with E-state index in [1.54, 1.807) is 11.3 Å². The van der Waals surface area contributed by atoms with E-state index < -0.39 is 0 Å². The second kappa shape index (κ2) is 5.75. The van der Waals surface area contributed by atoms with Gasteiger partial charge in [0.05, 0.1) is 11.2 Å². The molecule has 1 aromatic rings. The first-order chi connectivity index (χ1) is 7.85. The van der Waals surface area contributed by atoms with Gasteiger partial charge in [-0.25, -0.2) is 4.98 Å². The summed E-state index contributed by atoms with van der Waals surface area (Å²) in [5.74, 6) is 0. The third-order valence-corrected chi connectivity index (χ3v) is 3.86. The predicted molar refractivity (Wildman–Crippen MR) is 66.6 cm³/mol. The molecule has 4 heteroatoms. The second-order valence-electron chi connectivity index (χ2n) is 4.53. The van der Waals surface area contributed by atoms with Gasteiger partial charge in [-0.3, -0.25) is 0 Å². The lowest BCUT2D eigenvalue weighted by atomic mass is 10.0. The zero-order valence-electron chi connectivity index (χ0n) is 9.87. The SMILES string of the molecule is CCOCCC1(CNCc2cscn2)CC1. The molecule has 1 heterocycles. The van der Waals surface area contributed by atoms with Crippen LogP contribution in [0.15, 0.2) is 10.9 Å². The second-order valence-corrected chi connectivity index (χ2v) is 5.25. The van der Waals surface area contributed by atoms with Gasteiger partial charge >= 0.3 is 0 Å². The summed E-state index contributed by atoms with van der Waals surface area (Å²) in [6.45, 7) is 5.81. The van der Waals surface area contributed by atoms with Crippen molar-refractivity contribution in [1.29, 1.82) is 0 Å². The van der Waals surface area contributed by atoms with E-state index in [9.17, 15) is 0 Å². The van der Waals surface area contributed by atoms with Gasteiger partial charge in [0, 0.05) is 31.7 Å². The molecule has 1 aliphatic carbocycles. The minimum atomic E-state index is 0.533. The van der Waals surface area contributed by atoms with Gasteiger partial charge in [0.25, 0.3) is 0 Å². The molecule has 0 atom stereocenters. The maximum absolute atomic E-state index is 5.42. The first kappa shape index (κ1) is 12.0. The fourth-order valence-corrected chi connectivity index (χ4v) is 2.46. The molecule has 0 saturated heterocycles. The van der Waals surface area contributed by atoms with Crippen molar-refractivity contribution in [2.24, 2.45) is 5.41 Å². The molecule has 0 aromatic carbocycles. The zero-order chi connectivity index (χ0) is 11.3. The summed E-state index contributed by atoms with van der Waals surface area (Å²) in [6.07, 6.45) is 3.90. The van der Waals surface area contributed by atoms with Crippen molar-refractivity contribution in [3.63, 3.8) is 0 Å². The maximum atomic E-state index is 5.42. The largest absolute Gasteiger partial charge is 0.382 e. The van der Waals surface area contributed by atoms with Crippen molar-refractivity contribution in [2.75, 3.05) is 19.8 Å². The summed E-state index contributed by atoms with van der Waals surface area (Å²) >= 11 is 1.66. The molecule has 16 heavy (non-hydrogen) atoms. The molecule has 1 fully saturated rings. The van der Waals surface area contributed by atoms with E-state index in [1.165, 1.54) is 19.3 Å². The summed E-state index contributed by atoms with van der Waals surface area (Å²) in [6, 6.07) is 0. The number of nitrogens with zero attached hydrogens (tertiary/aromatic N) is 1. The van der Waals surface area contributed by atoms with E-state index >= 15 is 0 Å². The van der Waals surface area contributed by atoms with Gasteiger partial charge in [0.15, 0.2) is 0 Å². The minimum absolute atomic E-state index is 0.533. The van der Waals surface area contributed by atoms with Crippen LogP contribution in [0.1, 0.15) is 31.9 Å². The molecule has 2 rings (SSSR count). The van der Waals surface area contributed by atoms with E-state index in [0.717, 1.165) is 32.0 Å². The van der Waals surface area contributed by atoms with Crippen molar-refractivity contribution >= 4 is 11.3 Å². The maximum Gasteiger partial charge on any atom is 0.0795 e. The molecule has 1 aliphatic rings. The molecule has 0 unspecified atom stereocenters. The van der Waals surface area contributed by atoms with Crippen LogP contribution < -0.4 is 5.32 Å². The standard InChI is InChI=1S/C12H20N2OS/c1-2-15-6-5-12(3-4-12)9-13-7-11-8-16-10-14-11/h8,10,13H,2-7,9H2,1H3. The molecular weight excluding hydrogens is 220 g/mol. The molecule has 0 radical (unpaired) electrons. The molecule has 0 aliphatic heterocycles. The van der Waals surface area contributed by atoms with Gasteiger partial charge < -0.3 is 10.1 Å². The smallest absolute Gasteiger partial charge is 0.0795 e. The minimum Gasteiger partial charge on any atom is -0.382 e. The fraction of sp³-hybridized carbons (Fsp3) is 0.750. The molecular formula is C12H20N2OS. The highest BCUT2D eigenvalue weighted by Crippen LogP contribution is 2.48. The Bertz CT molecular complexity index is 296. The average molecular weight is 240 g/mol. The van der Waals surface area contributed by atoms with Crippen LogP contribution >= 0.6 is 11.3 Å². The van der Waals surface area contributed by atoms with Crippen LogP contribution in [0.3, 0.4) is 0 Å². The molecule has 1 aromatic heterocycles. The van der Waals surface area contributed by atoms with Crippen LogP contribution in [-0.4, -0.2) is 24.7 Å². The van der Waals surface area contributed by atoms with Crippen molar-refractivity contribution < 1.29 is 4.74 Å². The van der Waals surface area contributed by atoms with Gasteiger partial charge in [-0.1, -0.05) is 0 Å². The third-order valence-electron chi connectivity index (χ3n) is 3.23. The zero-order valence-corrected chi connectivity index (χ0v) is 10.7. The topological polar surface area (TPSA) is 34.1 Å². The fourth-order valence-electron chi connectivity index (χ4n) is 1.91. The number of nitrogens with one attached hydrogen (secondary N) is 1. The summed E-state index contributed by atoms with van der Waals surface area (Å²) in [4.78, 5) is 4.26. The highest BCUT2D eigenvalue weighted by atomic mass is 32.1. The molecule has 0 spiro atoms. The first-order valence-corrected chi connectivity index (χ1v) is 6.94. The summed E-state index contributed by atoms with van der Waals surface area (Å²) in [5.41, 5.74) is 3.58. The van der Waals surface area contributed by atoms with Crippen LogP contribution in [0.25, 0.3) is 0 Å². The Morgan fingerprint density at radius 2 is 2.44 bits per heavy atom. The van der Waals surface area contributed by atoms with E-state index in [-0.39, 0.29) is 0 Å². The number of hydrogen-bond acceptors (Lipinski definition) is 4. The molecule has 1 N–H and O–H groups in total. The van der Waals surface area contributed by atoms with Gasteiger partial charge in [-0.2, -0.15) is 0 Å². The van der Waals surface area contributed by atoms with Crippen LogP contribution in [0.2, 0.25) is 0 Å². The van der Waals surface area contributed by atoms with Crippen molar-refractivity contribution in [3.8, 4) is 0 Å². The van der Waals surface area contributed by atoms with Crippen molar-refractivity contribution in [2.45, 2.75) is 32.7 Å². The lowest BCUT2D eigenvalue weighted by molar-refractivity contribution is 0.127. The van der Waals surface area contributed by atoms with E-state index in [4.69, 9.17) is 4.74 Å². The molecule has 3 nitrogen and oxygen atoms in total. The van der Waals surface area contributed by atoms with E-state index in [0.29, 0.717) is 5.41 Å². The molecule has 90 valence electrons. The highest BCUT2D eigenvalue weighted by molar-refractivity contribution is 7.07. The van der Waals surface area contributed by atoms with Crippen LogP contribution in [-0.2, 0) is 11.3 Å². The van der Waals surface area contributed by atoms with Crippen molar-refractivity contribution in [1.82, 2.24) is 10.3 Å². The van der Waals surface area contributed by atoms with Crippen LogP contribution in [0.5, 0.6) is 0 Å². The summed E-state index contributed by atoms with van der Waals surface area (Å²) < 4.78 is 5.42. The Morgan fingerprint density at radius 1 is 1.56 bits per heavy atom. The normalized spacial score (nSPS) is 17.6. The van der Waals surface area contributed by atoms with Crippen LogP contribution in [0, 0.1) is 5.41 Å². The van der Waals surface area contributed by atoms with Gasteiger partial charge in [-0.05, 0) is 31.6 Å². The molecule has 0 bridgehead atoms. The molecule has 0 amide bonds. The summed E-state index contributed by atoms with van der Waals surface area (Å²) in [5, 5.41) is 5.61. The Hall–Kier alpha value is -0.450. The van der Waals surface area contributed by atoms with E-state index in [1.807, 2.05) is 5.51 Å². The Labute approximate surface area is 101 Å². The lowest BCUT2D eigenvalue weighted by Gasteiger charge is -2.15. The monoisotopic (exact) mass is 240 g/mol. The van der Waals surface area contributed by atoms with Gasteiger partial charge in [0.2, 0.25) is 0 Å². The summed E-state index contributed by atoms with van der Waals surface area (Å²) in [7, 11) is 0.